The number of rotatable bonds is 10. The van der Waals surface area contributed by atoms with Gasteiger partial charge in [0, 0.05) is 36.1 Å². The molecular weight excluding hydrogens is 456 g/mol. The van der Waals surface area contributed by atoms with Crippen molar-refractivity contribution < 1.29 is 9.59 Å². The van der Waals surface area contributed by atoms with Gasteiger partial charge in [-0.15, -0.1) is 0 Å². The first-order valence-electron chi connectivity index (χ1n) is 10.8. The maximum atomic E-state index is 13.0. The van der Waals surface area contributed by atoms with Crippen molar-refractivity contribution in [1.82, 2.24) is 19.8 Å². The first-order chi connectivity index (χ1) is 15.0. The molecule has 1 aromatic heterocycles. The van der Waals surface area contributed by atoms with Crippen molar-refractivity contribution in [1.29, 1.82) is 0 Å². The van der Waals surface area contributed by atoms with E-state index >= 15 is 0 Å². The van der Waals surface area contributed by atoms with Crippen molar-refractivity contribution in [2.24, 2.45) is 0 Å². The number of halogens is 1. The average Bonchev–Trinajstić information content (AvgIpc) is 3.11. The molecule has 0 spiro atoms. The Hall–Kier alpha value is -2.67. The van der Waals surface area contributed by atoms with Crippen LogP contribution in [0.25, 0.3) is 11.0 Å². The molecule has 0 unspecified atom stereocenters. The standard InChI is InChI=1S/C24H29BrN4O2/c1-3-15-28(16-4-2)23(30)17-29-21-8-6-5-7-20(21)27-22(29)13-14-26-24(31)18-9-11-19(25)12-10-18/h5-12H,3-4,13-17H2,1-2H3,(H,26,31). The Balaban J connectivity index is 1.73. The zero-order chi connectivity index (χ0) is 22.2. The van der Waals surface area contributed by atoms with Crippen LogP contribution in [0.3, 0.4) is 0 Å². The Morgan fingerprint density at radius 1 is 1.03 bits per heavy atom. The fraction of sp³-hybridized carbons (Fsp3) is 0.375. The van der Waals surface area contributed by atoms with Crippen LogP contribution >= 0.6 is 15.9 Å². The Bertz CT molecular complexity index is 1020. The number of imidazole rings is 1. The Labute approximate surface area is 191 Å². The van der Waals surface area contributed by atoms with Gasteiger partial charge in [0.25, 0.3) is 5.91 Å². The first kappa shape index (κ1) is 23.0. The molecule has 0 aliphatic rings. The smallest absolute Gasteiger partial charge is 0.251 e. The molecule has 6 nitrogen and oxygen atoms in total. The molecule has 3 aromatic rings. The third-order valence-electron chi connectivity index (χ3n) is 5.11. The Kier molecular flexibility index (Phi) is 8.23. The fourth-order valence-electron chi connectivity index (χ4n) is 3.62. The number of nitrogens with zero attached hydrogens (tertiary/aromatic N) is 3. The molecule has 0 radical (unpaired) electrons. The van der Waals surface area contributed by atoms with Gasteiger partial charge in [-0.2, -0.15) is 0 Å². The van der Waals surface area contributed by atoms with E-state index in [1.165, 1.54) is 0 Å². The van der Waals surface area contributed by atoms with E-state index in [9.17, 15) is 9.59 Å². The second-order valence-electron chi connectivity index (χ2n) is 7.50. The van der Waals surface area contributed by atoms with Crippen LogP contribution < -0.4 is 5.32 Å². The number of carbonyl (C=O) groups is 2. The van der Waals surface area contributed by atoms with Crippen LogP contribution in [0, 0.1) is 0 Å². The summed E-state index contributed by atoms with van der Waals surface area (Å²) in [6.07, 6.45) is 2.42. The molecule has 3 rings (SSSR count). The highest BCUT2D eigenvalue weighted by Gasteiger charge is 2.17. The van der Waals surface area contributed by atoms with E-state index in [1.54, 1.807) is 12.1 Å². The van der Waals surface area contributed by atoms with Gasteiger partial charge in [-0.1, -0.05) is 41.9 Å². The SMILES string of the molecule is CCCN(CCC)C(=O)Cn1c(CCNC(=O)c2ccc(Br)cc2)nc2ccccc21. The van der Waals surface area contributed by atoms with Gasteiger partial charge in [-0.25, -0.2) is 4.98 Å². The molecule has 0 saturated heterocycles. The van der Waals surface area contributed by atoms with Crippen molar-refractivity contribution in [3.63, 3.8) is 0 Å². The predicted octanol–water partition coefficient (Wildman–Crippen LogP) is 4.42. The van der Waals surface area contributed by atoms with Gasteiger partial charge >= 0.3 is 0 Å². The lowest BCUT2D eigenvalue weighted by Gasteiger charge is -2.22. The summed E-state index contributed by atoms with van der Waals surface area (Å²) in [5, 5.41) is 2.95. The lowest BCUT2D eigenvalue weighted by Crippen LogP contribution is -2.35. The molecule has 0 bridgehead atoms. The van der Waals surface area contributed by atoms with Crippen molar-refractivity contribution in [3.8, 4) is 0 Å². The van der Waals surface area contributed by atoms with Crippen LogP contribution in [-0.2, 0) is 17.8 Å². The number of fused-ring (bicyclic) bond motifs is 1. The van der Waals surface area contributed by atoms with Crippen molar-refractivity contribution in [3.05, 3.63) is 64.4 Å². The van der Waals surface area contributed by atoms with Crippen LogP contribution in [0.1, 0.15) is 42.9 Å². The van der Waals surface area contributed by atoms with Gasteiger partial charge in [0.15, 0.2) is 0 Å². The number of amides is 2. The predicted molar refractivity (Wildman–Crippen MR) is 127 cm³/mol. The average molecular weight is 485 g/mol. The summed E-state index contributed by atoms with van der Waals surface area (Å²) < 4.78 is 2.92. The number of carbonyl (C=O) groups excluding carboxylic acids is 2. The third kappa shape index (κ3) is 5.94. The molecule has 0 aliphatic carbocycles. The third-order valence-corrected chi connectivity index (χ3v) is 5.64. The molecule has 0 aliphatic heterocycles. The molecular formula is C24H29BrN4O2. The normalized spacial score (nSPS) is 10.9. The molecule has 31 heavy (non-hydrogen) atoms. The second kappa shape index (κ2) is 11.1. The number of nitrogens with one attached hydrogen (secondary N) is 1. The largest absolute Gasteiger partial charge is 0.352 e. The zero-order valence-electron chi connectivity index (χ0n) is 18.1. The van der Waals surface area contributed by atoms with Crippen LogP contribution in [0.2, 0.25) is 0 Å². The summed E-state index contributed by atoms with van der Waals surface area (Å²) >= 11 is 3.38. The summed E-state index contributed by atoms with van der Waals surface area (Å²) in [7, 11) is 0. The monoisotopic (exact) mass is 484 g/mol. The summed E-state index contributed by atoms with van der Waals surface area (Å²) in [6, 6.07) is 15.1. The number of hydrogen-bond donors (Lipinski definition) is 1. The van der Waals surface area contributed by atoms with E-state index in [2.05, 4.69) is 35.1 Å². The molecule has 0 fully saturated rings. The molecule has 1 heterocycles. The van der Waals surface area contributed by atoms with E-state index in [4.69, 9.17) is 4.98 Å². The lowest BCUT2D eigenvalue weighted by atomic mass is 10.2. The second-order valence-corrected chi connectivity index (χ2v) is 8.41. The van der Waals surface area contributed by atoms with Crippen molar-refractivity contribution in [2.75, 3.05) is 19.6 Å². The molecule has 0 atom stereocenters. The summed E-state index contributed by atoms with van der Waals surface area (Å²) in [5.41, 5.74) is 2.42. The minimum Gasteiger partial charge on any atom is -0.352 e. The van der Waals surface area contributed by atoms with Gasteiger partial charge in [-0.3, -0.25) is 9.59 Å². The van der Waals surface area contributed by atoms with Crippen LogP contribution in [-0.4, -0.2) is 45.9 Å². The van der Waals surface area contributed by atoms with E-state index in [0.29, 0.717) is 18.5 Å². The maximum Gasteiger partial charge on any atom is 0.251 e. The topological polar surface area (TPSA) is 67.2 Å². The highest BCUT2D eigenvalue weighted by molar-refractivity contribution is 9.10. The van der Waals surface area contributed by atoms with Crippen LogP contribution in [0.5, 0.6) is 0 Å². The highest BCUT2D eigenvalue weighted by atomic mass is 79.9. The summed E-state index contributed by atoms with van der Waals surface area (Å²) in [5.74, 6) is 0.786. The van der Waals surface area contributed by atoms with Crippen LogP contribution in [0.4, 0.5) is 0 Å². The number of benzene rings is 2. The number of para-hydroxylation sites is 2. The van der Waals surface area contributed by atoms with Crippen molar-refractivity contribution >= 4 is 38.8 Å². The highest BCUT2D eigenvalue weighted by Crippen LogP contribution is 2.17. The Morgan fingerprint density at radius 2 is 1.71 bits per heavy atom. The molecule has 164 valence electrons. The van der Waals surface area contributed by atoms with Gasteiger partial charge in [0.1, 0.15) is 12.4 Å². The molecule has 1 N–H and O–H groups in total. The molecule has 7 heteroatoms. The van der Waals surface area contributed by atoms with Crippen LogP contribution in [0.15, 0.2) is 53.0 Å². The minimum atomic E-state index is -0.122. The van der Waals surface area contributed by atoms with E-state index < -0.39 is 0 Å². The van der Waals surface area contributed by atoms with Gasteiger partial charge in [0.05, 0.1) is 11.0 Å². The van der Waals surface area contributed by atoms with Gasteiger partial charge in [0.2, 0.25) is 5.91 Å². The van der Waals surface area contributed by atoms with Gasteiger partial charge in [-0.05, 0) is 49.2 Å². The van der Waals surface area contributed by atoms with Crippen molar-refractivity contribution in [2.45, 2.75) is 39.7 Å². The fourth-order valence-corrected chi connectivity index (χ4v) is 3.88. The maximum absolute atomic E-state index is 13.0. The molecule has 2 amide bonds. The number of aromatic nitrogens is 2. The summed E-state index contributed by atoms with van der Waals surface area (Å²) in [6.45, 7) is 6.40. The lowest BCUT2D eigenvalue weighted by molar-refractivity contribution is -0.131. The molecule has 2 aromatic carbocycles. The quantitative estimate of drug-likeness (QED) is 0.463. The zero-order valence-corrected chi connectivity index (χ0v) is 19.7. The van der Waals surface area contributed by atoms with E-state index in [1.807, 2.05) is 45.9 Å². The Morgan fingerprint density at radius 3 is 2.39 bits per heavy atom. The first-order valence-corrected chi connectivity index (χ1v) is 11.6. The minimum absolute atomic E-state index is 0.104. The van der Waals surface area contributed by atoms with Gasteiger partial charge < -0.3 is 14.8 Å². The molecule has 0 saturated carbocycles. The van der Waals surface area contributed by atoms with E-state index in [-0.39, 0.29) is 18.4 Å². The van der Waals surface area contributed by atoms with E-state index in [0.717, 1.165) is 47.3 Å². The summed E-state index contributed by atoms with van der Waals surface area (Å²) in [4.78, 5) is 32.0. The number of hydrogen-bond acceptors (Lipinski definition) is 3.